The first kappa shape index (κ1) is 23.3. The number of pyridine rings is 1. The van der Waals surface area contributed by atoms with Crippen LogP contribution in [0.25, 0.3) is 0 Å². The van der Waals surface area contributed by atoms with E-state index in [1.807, 2.05) is 43.5 Å². The van der Waals surface area contributed by atoms with Crippen LogP contribution in [0.5, 0.6) is 5.75 Å². The summed E-state index contributed by atoms with van der Waals surface area (Å²) in [6.07, 6.45) is 5.64. The number of nitrogens with zero attached hydrogens (tertiary/aromatic N) is 2. The van der Waals surface area contributed by atoms with Crippen LogP contribution in [0.2, 0.25) is 5.02 Å². The maximum Gasteiger partial charge on any atom is 0.122 e. The molecule has 2 atom stereocenters. The fourth-order valence-electron chi connectivity index (χ4n) is 5.65. The molecule has 0 spiro atoms. The van der Waals surface area contributed by atoms with Crippen LogP contribution >= 0.6 is 11.6 Å². The Labute approximate surface area is 207 Å². The SMILES string of the molecule is Cc1ccccc1OCC(O)CN1CCC(C2c3ccc(Cl)cc3CCc3cccnc32)CC1. The Kier molecular flexibility index (Phi) is 7.19. The zero-order valence-corrected chi connectivity index (χ0v) is 20.5. The largest absolute Gasteiger partial charge is 0.491 e. The number of piperidine rings is 1. The Bertz CT molecular complexity index is 1130. The van der Waals surface area contributed by atoms with Gasteiger partial charge in [0.25, 0.3) is 0 Å². The molecule has 0 bridgehead atoms. The number of β-amino-alcohol motifs (C(OH)–C–C–N with tert-alkyl or cyclic N) is 1. The molecule has 2 aromatic carbocycles. The number of aryl methyl sites for hydroxylation is 3. The third-order valence-corrected chi connectivity index (χ3v) is 7.66. The number of para-hydroxylation sites is 1. The lowest BCUT2D eigenvalue weighted by Crippen LogP contribution is -2.41. The predicted molar refractivity (Wildman–Crippen MR) is 137 cm³/mol. The zero-order chi connectivity index (χ0) is 23.5. The molecule has 0 saturated carbocycles. The van der Waals surface area contributed by atoms with Crippen LogP contribution in [0.15, 0.2) is 60.8 Å². The highest BCUT2D eigenvalue weighted by Gasteiger charge is 2.34. The number of rotatable bonds is 6. The Morgan fingerprint density at radius 2 is 1.85 bits per heavy atom. The van der Waals surface area contributed by atoms with Crippen molar-refractivity contribution in [2.45, 2.75) is 44.6 Å². The Balaban J connectivity index is 1.24. The summed E-state index contributed by atoms with van der Waals surface area (Å²) in [6.45, 7) is 4.95. The van der Waals surface area contributed by atoms with E-state index in [9.17, 15) is 5.11 Å². The molecule has 1 N–H and O–H groups in total. The number of aromatic nitrogens is 1. The number of aliphatic hydroxyl groups is 1. The highest BCUT2D eigenvalue weighted by molar-refractivity contribution is 6.30. The van der Waals surface area contributed by atoms with Crippen LogP contribution in [0.1, 0.15) is 46.7 Å². The number of aliphatic hydroxyl groups excluding tert-OH is 1. The van der Waals surface area contributed by atoms with Crippen molar-refractivity contribution in [3.8, 4) is 5.75 Å². The molecule has 1 aliphatic carbocycles. The summed E-state index contributed by atoms with van der Waals surface area (Å²) >= 11 is 6.36. The van der Waals surface area contributed by atoms with E-state index in [2.05, 4.69) is 29.2 Å². The van der Waals surface area contributed by atoms with Gasteiger partial charge in [0.15, 0.2) is 0 Å². The topological polar surface area (TPSA) is 45.6 Å². The Hall–Kier alpha value is -2.40. The van der Waals surface area contributed by atoms with E-state index in [1.165, 1.54) is 22.4 Å². The van der Waals surface area contributed by atoms with Crippen LogP contribution in [-0.2, 0) is 12.8 Å². The number of halogens is 1. The van der Waals surface area contributed by atoms with Crippen LogP contribution < -0.4 is 4.74 Å². The second kappa shape index (κ2) is 10.5. The maximum atomic E-state index is 10.6. The van der Waals surface area contributed by atoms with Gasteiger partial charge in [-0.05, 0) is 98.1 Å². The molecule has 1 saturated heterocycles. The average molecular weight is 477 g/mol. The summed E-state index contributed by atoms with van der Waals surface area (Å²) in [5, 5.41) is 11.4. The third kappa shape index (κ3) is 5.14. The fraction of sp³-hybridized carbons (Fsp3) is 0.414. The molecule has 5 rings (SSSR count). The third-order valence-electron chi connectivity index (χ3n) is 7.42. The van der Waals surface area contributed by atoms with Gasteiger partial charge in [0.05, 0.1) is 5.69 Å². The standard InChI is InChI=1S/C29H33ClN2O2/c1-20-5-2-3-7-27(20)34-19-25(33)18-32-15-12-21(13-16-32)28-26-11-10-24(30)17-23(26)9-8-22-6-4-14-31-29(22)28/h2-7,10-11,14,17,21,25,28,33H,8-9,12-13,15-16,18-19H2,1H3. The highest BCUT2D eigenvalue weighted by Crippen LogP contribution is 2.42. The lowest BCUT2D eigenvalue weighted by Gasteiger charge is -2.37. The molecule has 178 valence electrons. The summed E-state index contributed by atoms with van der Waals surface area (Å²) in [7, 11) is 0. The molecule has 1 fully saturated rings. The quantitative estimate of drug-likeness (QED) is 0.515. The van der Waals surface area contributed by atoms with Crippen molar-refractivity contribution in [3.63, 3.8) is 0 Å². The number of hydrogen-bond acceptors (Lipinski definition) is 4. The Morgan fingerprint density at radius 3 is 2.68 bits per heavy atom. The van der Waals surface area contributed by atoms with E-state index < -0.39 is 6.10 Å². The first-order valence-corrected chi connectivity index (χ1v) is 12.8. The van der Waals surface area contributed by atoms with E-state index in [1.54, 1.807) is 0 Å². The number of fused-ring (bicyclic) bond motifs is 2. The van der Waals surface area contributed by atoms with Crippen molar-refractivity contribution >= 4 is 11.6 Å². The van der Waals surface area contributed by atoms with Gasteiger partial charge in [-0.3, -0.25) is 4.98 Å². The van der Waals surface area contributed by atoms with Crippen molar-refractivity contribution in [1.29, 1.82) is 0 Å². The van der Waals surface area contributed by atoms with Gasteiger partial charge in [-0.15, -0.1) is 0 Å². The minimum absolute atomic E-state index is 0.308. The number of hydrogen-bond donors (Lipinski definition) is 1. The van der Waals surface area contributed by atoms with Gasteiger partial charge >= 0.3 is 0 Å². The molecule has 3 aromatic rings. The number of likely N-dealkylation sites (tertiary alicyclic amines) is 1. The van der Waals surface area contributed by atoms with Crippen molar-refractivity contribution in [1.82, 2.24) is 9.88 Å². The molecule has 2 aliphatic rings. The normalized spacial score (nSPS) is 19.7. The van der Waals surface area contributed by atoms with Gasteiger partial charge in [-0.2, -0.15) is 0 Å². The summed E-state index contributed by atoms with van der Waals surface area (Å²) < 4.78 is 5.86. The molecule has 34 heavy (non-hydrogen) atoms. The summed E-state index contributed by atoms with van der Waals surface area (Å²) in [5.41, 5.74) is 6.46. The van der Waals surface area contributed by atoms with Crippen molar-refractivity contribution in [2.24, 2.45) is 5.92 Å². The van der Waals surface area contributed by atoms with Crippen LogP contribution in [0, 0.1) is 12.8 Å². The molecule has 1 aliphatic heterocycles. The summed E-state index contributed by atoms with van der Waals surface area (Å²) in [6, 6.07) is 18.6. The van der Waals surface area contributed by atoms with E-state index in [0.717, 1.165) is 55.1 Å². The lowest BCUT2D eigenvalue weighted by atomic mass is 9.76. The minimum Gasteiger partial charge on any atom is -0.491 e. The minimum atomic E-state index is -0.501. The van der Waals surface area contributed by atoms with E-state index >= 15 is 0 Å². The molecule has 1 aromatic heterocycles. The van der Waals surface area contributed by atoms with Gasteiger partial charge in [-0.25, -0.2) is 0 Å². The average Bonchev–Trinajstić information content (AvgIpc) is 3.01. The van der Waals surface area contributed by atoms with Crippen molar-refractivity contribution in [2.75, 3.05) is 26.2 Å². The molecule has 0 radical (unpaired) electrons. The monoisotopic (exact) mass is 476 g/mol. The van der Waals surface area contributed by atoms with Gasteiger partial charge < -0.3 is 14.7 Å². The van der Waals surface area contributed by atoms with Crippen molar-refractivity contribution < 1.29 is 9.84 Å². The second-order valence-corrected chi connectivity index (χ2v) is 10.2. The lowest BCUT2D eigenvalue weighted by molar-refractivity contribution is 0.0535. The van der Waals surface area contributed by atoms with Gasteiger partial charge in [0, 0.05) is 23.7 Å². The smallest absolute Gasteiger partial charge is 0.122 e. The molecule has 4 nitrogen and oxygen atoms in total. The van der Waals surface area contributed by atoms with E-state index in [4.69, 9.17) is 21.3 Å². The molecule has 2 heterocycles. The molecule has 2 unspecified atom stereocenters. The molecular formula is C29H33ClN2O2. The number of benzene rings is 2. The first-order chi connectivity index (χ1) is 16.6. The van der Waals surface area contributed by atoms with Crippen LogP contribution in [0.3, 0.4) is 0 Å². The molecular weight excluding hydrogens is 444 g/mol. The molecule has 5 heteroatoms. The van der Waals surface area contributed by atoms with Crippen molar-refractivity contribution in [3.05, 3.63) is 93.8 Å². The van der Waals surface area contributed by atoms with E-state index in [0.29, 0.717) is 25.0 Å². The second-order valence-electron chi connectivity index (χ2n) is 9.74. The Morgan fingerprint density at radius 1 is 1.06 bits per heavy atom. The maximum absolute atomic E-state index is 10.6. The van der Waals surface area contributed by atoms with E-state index in [-0.39, 0.29) is 0 Å². The van der Waals surface area contributed by atoms with Crippen LogP contribution in [0.4, 0.5) is 0 Å². The van der Waals surface area contributed by atoms with Crippen LogP contribution in [-0.4, -0.2) is 47.3 Å². The predicted octanol–water partition coefficient (Wildman–Crippen LogP) is 5.43. The van der Waals surface area contributed by atoms with Gasteiger partial charge in [-0.1, -0.05) is 41.9 Å². The zero-order valence-electron chi connectivity index (χ0n) is 19.8. The summed E-state index contributed by atoms with van der Waals surface area (Å²) in [4.78, 5) is 7.26. The number of ether oxygens (including phenoxy) is 1. The van der Waals surface area contributed by atoms with Gasteiger partial charge in [0.1, 0.15) is 18.5 Å². The summed E-state index contributed by atoms with van der Waals surface area (Å²) in [5.74, 6) is 1.68. The van der Waals surface area contributed by atoms with Gasteiger partial charge in [0.2, 0.25) is 0 Å². The fourth-order valence-corrected chi connectivity index (χ4v) is 5.85. The molecule has 0 amide bonds. The first-order valence-electron chi connectivity index (χ1n) is 12.4. The highest BCUT2D eigenvalue weighted by atomic mass is 35.5.